The van der Waals surface area contributed by atoms with E-state index >= 15 is 0 Å². The van der Waals surface area contributed by atoms with E-state index in [0.29, 0.717) is 13.2 Å². The molecule has 20 heavy (non-hydrogen) atoms. The Kier molecular flexibility index (Phi) is 5.66. The van der Waals surface area contributed by atoms with Gasteiger partial charge < -0.3 is 19.7 Å². The number of hydrogen-bond donors (Lipinski definition) is 1. The number of nitrogens with one attached hydrogen (secondary N) is 1. The molecule has 1 aromatic rings. The molecule has 0 atom stereocenters. The lowest BCUT2D eigenvalue weighted by Gasteiger charge is -2.27. The molecule has 0 radical (unpaired) electrons. The maximum absolute atomic E-state index is 11.2. The van der Waals surface area contributed by atoms with E-state index in [9.17, 15) is 4.79 Å². The highest BCUT2D eigenvalue weighted by atomic mass is 16.5. The number of ether oxygens (including phenoxy) is 2. The molecule has 2 rings (SSSR count). The Hall–Kier alpha value is -1.77. The average molecular weight is 276 g/mol. The first-order valence-electron chi connectivity index (χ1n) is 6.91. The van der Waals surface area contributed by atoms with Crippen LogP contribution in [0.1, 0.15) is 12.5 Å². The Morgan fingerprint density at radius 3 is 3.05 bits per heavy atom. The van der Waals surface area contributed by atoms with Crippen LogP contribution in [0.4, 0.5) is 5.69 Å². The van der Waals surface area contributed by atoms with Gasteiger partial charge in [-0.1, -0.05) is 6.07 Å². The molecule has 5 nitrogen and oxygen atoms in total. The number of nitrogens with zero attached hydrogens (tertiary/aromatic N) is 1. The summed E-state index contributed by atoms with van der Waals surface area (Å²) in [4.78, 5) is 13.5. The van der Waals surface area contributed by atoms with Gasteiger partial charge in [-0.25, -0.2) is 0 Å². The lowest BCUT2D eigenvalue weighted by atomic mass is 10.2. The molecule has 0 aliphatic carbocycles. The highest BCUT2D eigenvalue weighted by Gasteiger charge is 2.11. The van der Waals surface area contributed by atoms with Crippen molar-refractivity contribution in [1.29, 1.82) is 0 Å². The van der Waals surface area contributed by atoms with E-state index in [1.807, 2.05) is 6.07 Å². The minimum absolute atomic E-state index is 0.222. The molecule has 0 unspecified atom stereocenters. The molecule has 1 fully saturated rings. The molecule has 108 valence electrons. The van der Waals surface area contributed by atoms with Crippen LogP contribution in [0.2, 0.25) is 0 Å². The first-order valence-corrected chi connectivity index (χ1v) is 6.91. The Morgan fingerprint density at radius 1 is 1.50 bits per heavy atom. The summed E-state index contributed by atoms with van der Waals surface area (Å²) >= 11 is 0. The number of rotatable bonds is 6. The molecule has 0 aromatic heterocycles. The second-order valence-corrected chi connectivity index (χ2v) is 4.53. The van der Waals surface area contributed by atoms with E-state index in [0.717, 1.165) is 37.6 Å². The second-order valence-electron chi connectivity index (χ2n) is 4.53. The van der Waals surface area contributed by atoms with Crippen LogP contribution in [0.15, 0.2) is 12.1 Å². The van der Waals surface area contributed by atoms with E-state index in [1.54, 1.807) is 6.92 Å². The molecule has 1 saturated heterocycles. The van der Waals surface area contributed by atoms with Gasteiger partial charge in [0.15, 0.2) is 0 Å². The first-order chi connectivity index (χ1) is 9.79. The van der Waals surface area contributed by atoms with Crippen molar-refractivity contribution in [2.45, 2.75) is 13.5 Å². The smallest absolute Gasteiger partial charge is 0.319 e. The topological polar surface area (TPSA) is 50.8 Å². The predicted octanol–water partition coefficient (Wildman–Crippen LogP) is 0.776. The SMILES string of the molecule is CCOC(=O)CNCc1cc#cc(N2CCOCC2)c1. The third-order valence-corrected chi connectivity index (χ3v) is 3.04. The zero-order chi connectivity index (χ0) is 14.2. The monoisotopic (exact) mass is 276 g/mol. The van der Waals surface area contributed by atoms with Crippen molar-refractivity contribution >= 4 is 11.7 Å². The van der Waals surface area contributed by atoms with Gasteiger partial charge in [0.05, 0.1) is 32.1 Å². The number of anilines is 1. The van der Waals surface area contributed by atoms with Crippen LogP contribution in [0.3, 0.4) is 0 Å². The zero-order valence-corrected chi connectivity index (χ0v) is 11.8. The van der Waals surface area contributed by atoms with Crippen molar-refractivity contribution in [3.8, 4) is 0 Å². The Balaban J connectivity index is 1.84. The van der Waals surface area contributed by atoms with E-state index < -0.39 is 0 Å². The minimum Gasteiger partial charge on any atom is -0.465 e. The normalized spacial score (nSPS) is 14.8. The summed E-state index contributed by atoms with van der Waals surface area (Å²) in [7, 11) is 0. The maximum Gasteiger partial charge on any atom is 0.319 e. The summed E-state index contributed by atoms with van der Waals surface area (Å²) < 4.78 is 10.2. The summed E-state index contributed by atoms with van der Waals surface area (Å²) in [5, 5.41) is 3.06. The van der Waals surface area contributed by atoms with Crippen LogP contribution in [-0.2, 0) is 20.8 Å². The summed E-state index contributed by atoms with van der Waals surface area (Å²) in [5.41, 5.74) is 2.11. The van der Waals surface area contributed by atoms with Crippen LogP contribution in [0.5, 0.6) is 0 Å². The van der Waals surface area contributed by atoms with Crippen molar-refractivity contribution in [2.24, 2.45) is 0 Å². The largest absolute Gasteiger partial charge is 0.465 e. The molecule has 1 heterocycles. The van der Waals surface area contributed by atoms with Crippen molar-refractivity contribution in [3.63, 3.8) is 0 Å². The summed E-state index contributed by atoms with van der Waals surface area (Å²) in [6, 6.07) is 10.1. The van der Waals surface area contributed by atoms with Gasteiger partial charge in [-0.15, -0.1) is 0 Å². The van der Waals surface area contributed by atoms with Gasteiger partial charge in [-0.3, -0.25) is 4.79 Å². The predicted molar refractivity (Wildman–Crippen MR) is 75.5 cm³/mol. The lowest BCUT2D eigenvalue weighted by Crippen LogP contribution is -2.36. The molecule has 5 heteroatoms. The fourth-order valence-corrected chi connectivity index (χ4v) is 2.05. The molecule has 1 aliphatic rings. The van der Waals surface area contributed by atoms with Gasteiger partial charge >= 0.3 is 5.97 Å². The molecular weight excluding hydrogens is 256 g/mol. The molecule has 0 saturated carbocycles. The fraction of sp³-hybridized carbons (Fsp3) is 0.533. The van der Waals surface area contributed by atoms with Gasteiger partial charge in [-0.2, -0.15) is 0 Å². The Labute approximate surface area is 119 Å². The lowest BCUT2D eigenvalue weighted by molar-refractivity contribution is -0.142. The maximum atomic E-state index is 11.2. The molecule has 0 amide bonds. The van der Waals surface area contributed by atoms with Crippen LogP contribution >= 0.6 is 0 Å². The average Bonchev–Trinajstić information content (AvgIpc) is 2.49. The van der Waals surface area contributed by atoms with Crippen LogP contribution in [-0.4, -0.2) is 45.4 Å². The highest BCUT2D eigenvalue weighted by Crippen LogP contribution is 2.14. The molecule has 0 spiro atoms. The zero-order valence-electron chi connectivity index (χ0n) is 11.8. The van der Waals surface area contributed by atoms with Gasteiger partial charge in [0.25, 0.3) is 0 Å². The number of morpholine rings is 1. The Morgan fingerprint density at radius 2 is 2.30 bits per heavy atom. The van der Waals surface area contributed by atoms with Crippen LogP contribution in [0, 0.1) is 12.1 Å². The summed E-state index contributed by atoms with van der Waals surface area (Å²) in [5.74, 6) is -0.229. The van der Waals surface area contributed by atoms with E-state index in [4.69, 9.17) is 9.47 Å². The van der Waals surface area contributed by atoms with E-state index in [1.165, 1.54) is 0 Å². The first kappa shape index (κ1) is 14.6. The summed E-state index contributed by atoms with van der Waals surface area (Å²) in [6.07, 6.45) is 0. The van der Waals surface area contributed by atoms with E-state index in [-0.39, 0.29) is 12.5 Å². The third-order valence-electron chi connectivity index (χ3n) is 3.04. The quantitative estimate of drug-likeness (QED) is 0.778. The molecule has 0 bridgehead atoms. The van der Waals surface area contributed by atoms with Crippen molar-refractivity contribution in [2.75, 3.05) is 44.4 Å². The molecule has 1 N–H and O–H groups in total. The van der Waals surface area contributed by atoms with Crippen LogP contribution in [0.25, 0.3) is 0 Å². The van der Waals surface area contributed by atoms with Crippen molar-refractivity contribution in [1.82, 2.24) is 5.32 Å². The standard InChI is InChI=1S/C15H20N2O3/c1-2-20-15(18)12-16-11-13-4-3-5-14(10-13)17-6-8-19-9-7-17/h4,10,16H,2,6-9,11-12H2,1H3. The van der Waals surface area contributed by atoms with Crippen LogP contribution < -0.4 is 10.2 Å². The summed E-state index contributed by atoms with van der Waals surface area (Å²) in [6.45, 7) is 6.30. The van der Waals surface area contributed by atoms with Crippen molar-refractivity contribution in [3.05, 3.63) is 29.8 Å². The number of hydrogen-bond acceptors (Lipinski definition) is 5. The number of carbonyl (C=O) groups excluding carboxylic acids is 1. The van der Waals surface area contributed by atoms with Crippen molar-refractivity contribution < 1.29 is 14.3 Å². The van der Waals surface area contributed by atoms with Gasteiger partial charge in [0.2, 0.25) is 0 Å². The van der Waals surface area contributed by atoms with E-state index in [2.05, 4.69) is 28.4 Å². The fourth-order valence-electron chi connectivity index (χ4n) is 2.05. The van der Waals surface area contributed by atoms with Gasteiger partial charge in [0, 0.05) is 19.6 Å². The third kappa shape index (κ3) is 4.41. The highest BCUT2D eigenvalue weighted by molar-refractivity contribution is 5.71. The number of carbonyl (C=O) groups is 1. The number of esters is 1. The molecular formula is C15H20N2O3. The Bertz CT molecular complexity index is 431. The van der Waals surface area contributed by atoms with Gasteiger partial charge in [-0.05, 0) is 30.7 Å². The van der Waals surface area contributed by atoms with Gasteiger partial charge in [0.1, 0.15) is 0 Å². The molecule has 1 aromatic carbocycles. The minimum atomic E-state index is -0.229. The second kappa shape index (κ2) is 7.73. The molecule has 1 aliphatic heterocycles.